The maximum Gasteiger partial charge on any atom is 0.127 e. The van der Waals surface area contributed by atoms with E-state index in [0.717, 1.165) is 24.9 Å². The molecule has 0 bridgehead atoms. The molecule has 0 unspecified atom stereocenters. The Morgan fingerprint density at radius 3 is 2.67 bits per heavy atom. The first kappa shape index (κ1) is 13.3. The fourth-order valence-electron chi connectivity index (χ4n) is 2.30. The fourth-order valence-corrected chi connectivity index (χ4v) is 2.30. The van der Waals surface area contributed by atoms with Gasteiger partial charge >= 0.3 is 0 Å². The van der Waals surface area contributed by atoms with Gasteiger partial charge in [0.25, 0.3) is 0 Å². The van der Waals surface area contributed by atoms with Crippen LogP contribution in [-0.2, 0) is 0 Å². The summed E-state index contributed by atoms with van der Waals surface area (Å²) in [4.78, 5) is 0. The summed E-state index contributed by atoms with van der Waals surface area (Å²) in [5, 5.41) is 3.38. The van der Waals surface area contributed by atoms with E-state index >= 15 is 0 Å². The van der Waals surface area contributed by atoms with Gasteiger partial charge in [-0.15, -0.1) is 0 Å². The van der Waals surface area contributed by atoms with Crippen molar-refractivity contribution in [2.24, 2.45) is 0 Å². The first-order valence-electron chi connectivity index (χ1n) is 6.79. The third kappa shape index (κ3) is 3.22. The third-order valence-electron chi connectivity index (χ3n) is 3.45. The molecule has 0 radical (unpaired) electrons. The summed E-state index contributed by atoms with van der Waals surface area (Å²) in [5.41, 5.74) is 0.993. The first-order valence-corrected chi connectivity index (χ1v) is 6.79. The summed E-state index contributed by atoms with van der Waals surface area (Å²) < 4.78 is 19.3. The molecule has 1 N–H and O–H groups in total. The molecule has 100 valence electrons. The fraction of sp³-hybridized carbons (Fsp3) is 0.600. The third-order valence-corrected chi connectivity index (χ3v) is 3.45. The van der Waals surface area contributed by atoms with Crippen LogP contribution in [0.4, 0.5) is 4.39 Å². The van der Waals surface area contributed by atoms with Crippen molar-refractivity contribution in [1.82, 2.24) is 5.32 Å². The van der Waals surface area contributed by atoms with Crippen LogP contribution >= 0.6 is 0 Å². The van der Waals surface area contributed by atoms with Gasteiger partial charge in [0.15, 0.2) is 0 Å². The van der Waals surface area contributed by atoms with Crippen molar-refractivity contribution in [1.29, 1.82) is 0 Å². The number of rotatable bonds is 5. The zero-order valence-electron chi connectivity index (χ0n) is 11.4. The highest BCUT2D eigenvalue weighted by molar-refractivity contribution is 5.31. The van der Waals surface area contributed by atoms with Crippen molar-refractivity contribution in [3.63, 3.8) is 0 Å². The molecule has 3 heteroatoms. The molecular weight excluding hydrogens is 229 g/mol. The van der Waals surface area contributed by atoms with Crippen molar-refractivity contribution in [3.8, 4) is 5.75 Å². The Labute approximate surface area is 109 Å². The zero-order chi connectivity index (χ0) is 13.1. The average molecular weight is 251 g/mol. The van der Waals surface area contributed by atoms with Gasteiger partial charge in [0, 0.05) is 12.1 Å². The molecule has 0 aromatic heterocycles. The van der Waals surface area contributed by atoms with Crippen LogP contribution in [0.5, 0.6) is 5.75 Å². The molecule has 0 saturated heterocycles. The predicted molar refractivity (Wildman–Crippen MR) is 71.6 cm³/mol. The molecule has 1 aromatic carbocycles. The normalized spacial score (nSPS) is 22.9. The lowest BCUT2D eigenvalue weighted by atomic mass is 9.89. The number of benzene rings is 1. The van der Waals surface area contributed by atoms with Crippen LogP contribution < -0.4 is 10.1 Å². The molecule has 1 aliphatic carbocycles. The van der Waals surface area contributed by atoms with Crippen LogP contribution in [0.15, 0.2) is 18.2 Å². The van der Waals surface area contributed by atoms with Crippen LogP contribution in [0.1, 0.15) is 45.1 Å². The Morgan fingerprint density at radius 1 is 1.33 bits per heavy atom. The van der Waals surface area contributed by atoms with E-state index < -0.39 is 0 Å². The summed E-state index contributed by atoms with van der Waals surface area (Å²) in [6.07, 6.45) is 2.26. The second kappa shape index (κ2) is 5.70. The van der Waals surface area contributed by atoms with Crippen LogP contribution in [0, 0.1) is 5.82 Å². The Bertz CT molecular complexity index is 399. The monoisotopic (exact) mass is 251 g/mol. The van der Waals surface area contributed by atoms with E-state index in [0.29, 0.717) is 17.7 Å². The average Bonchev–Trinajstić information content (AvgIpc) is 2.25. The summed E-state index contributed by atoms with van der Waals surface area (Å²) in [6.45, 7) is 7.22. The molecule has 1 saturated carbocycles. The predicted octanol–water partition coefficient (Wildman–Crippen LogP) is 3.47. The Morgan fingerprint density at radius 2 is 2.06 bits per heavy atom. The first-order chi connectivity index (χ1) is 8.58. The number of ether oxygens (including phenoxy) is 1. The summed E-state index contributed by atoms with van der Waals surface area (Å²) in [5.74, 6) is 0.774. The van der Waals surface area contributed by atoms with E-state index in [1.165, 1.54) is 6.07 Å². The summed E-state index contributed by atoms with van der Waals surface area (Å²) in [7, 11) is 0. The minimum atomic E-state index is -0.209. The number of nitrogens with one attached hydrogen (secondary N) is 1. The van der Waals surface area contributed by atoms with Crippen molar-refractivity contribution in [2.75, 3.05) is 6.54 Å². The topological polar surface area (TPSA) is 21.3 Å². The highest BCUT2D eigenvalue weighted by atomic mass is 19.1. The molecule has 1 fully saturated rings. The molecule has 1 aromatic rings. The second-order valence-corrected chi connectivity index (χ2v) is 5.34. The molecule has 0 spiro atoms. The Kier molecular flexibility index (Phi) is 4.23. The number of hydrogen-bond donors (Lipinski definition) is 1. The SMILES string of the molecule is CCN[C@H]1C[C@@H](Oc2cc(F)cc(C(C)C)c2)C1. The van der Waals surface area contributed by atoms with E-state index in [9.17, 15) is 4.39 Å². The molecule has 0 aliphatic heterocycles. The van der Waals surface area contributed by atoms with Gasteiger partial charge in [-0.2, -0.15) is 0 Å². The van der Waals surface area contributed by atoms with Gasteiger partial charge in [0.05, 0.1) is 0 Å². The number of halogens is 1. The highest BCUT2D eigenvalue weighted by Gasteiger charge is 2.30. The van der Waals surface area contributed by atoms with Crippen LogP contribution in [0.3, 0.4) is 0 Å². The lowest BCUT2D eigenvalue weighted by molar-refractivity contribution is 0.0855. The lowest BCUT2D eigenvalue weighted by Crippen LogP contribution is -2.46. The standard InChI is InChI=1S/C15H22FNO/c1-4-17-13-8-15(9-13)18-14-6-11(10(2)3)5-12(16)7-14/h5-7,10,13,15,17H,4,8-9H2,1-3H3/t13-,15+. The smallest absolute Gasteiger partial charge is 0.127 e. The lowest BCUT2D eigenvalue weighted by Gasteiger charge is -2.35. The van der Waals surface area contributed by atoms with Gasteiger partial charge in [0.2, 0.25) is 0 Å². The van der Waals surface area contributed by atoms with E-state index in [-0.39, 0.29) is 11.9 Å². The summed E-state index contributed by atoms with van der Waals surface area (Å²) >= 11 is 0. The molecule has 18 heavy (non-hydrogen) atoms. The van der Waals surface area contributed by atoms with Crippen LogP contribution in [0.2, 0.25) is 0 Å². The van der Waals surface area contributed by atoms with Crippen molar-refractivity contribution >= 4 is 0 Å². The van der Waals surface area contributed by atoms with Gasteiger partial charge in [-0.3, -0.25) is 0 Å². The van der Waals surface area contributed by atoms with Crippen LogP contribution in [-0.4, -0.2) is 18.7 Å². The van der Waals surface area contributed by atoms with Crippen molar-refractivity contribution < 1.29 is 9.13 Å². The van der Waals surface area contributed by atoms with Crippen molar-refractivity contribution in [3.05, 3.63) is 29.6 Å². The molecule has 2 rings (SSSR count). The van der Waals surface area contributed by atoms with Crippen molar-refractivity contribution in [2.45, 2.75) is 51.7 Å². The van der Waals surface area contributed by atoms with E-state index in [4.69, 9.17) is 4.74 Å². The largest absolute Gasteiger partial charge is 0.490 e. The molecular formula is C15H22FNO. The Hall–Kier alpha value is -1.09. The zero-order valence-corrected chi connectivity index (χ0v) is 11.4. The van der Waals surface area contributed by atoms with E-state index in [2.05, 4.69) is 26.1 Å². The van der Waals surface area contributed by atoms with Gasteiger partial charge in [-0.25, -0.2) is 4.39 Å². The second-order valence-electron chi connectivity index (χ2n) is 5.34. The minimum Gasteiger partial charge on any atom is -0.490 e. The molecule has 0 amide bonds. The molecule has 0 heterocycles. The highest BCUT2D eigenvalue weighted by Crippen LogP contribution is 2.28. The maximum atomic E-state index is 13.5. The van der Waals surface area contributed by atoms with Gasteiger partial charge in [-0.05, 0) is 43.0 Å². The number of hydrogen-bond acceptors (Lipinski definition) is 2. The molecule has 0 atom stereocenters. The molecule has 2 nitrogen and oxygen atoms in total. The quantitative estimate of drug-likeness (QED) is 0.865. The van der Waals surface area contributed by atoms with Gasteiger partial charge in [-0.1, -0.05) is 20.8 Å². The maximum absolute atomic E-state index is 13.5. The van der Waals surface area contributed by atoms with Gasteiger partial charge < -0.3 is 10.1 Å². The van der Waals surface area contributed by atoms with Crippen LogP contribution in [0.25, 0.3) is 0 Å². The minimum absolute atomic E-state index is 0.209. The Balaban J connectivity index is 1.94. The summed E-state index contributed by atoms with van der Waals surface area (Å²) in [6, 6.07) is 5.58. The van der Waals surface area contributed by atoms with E-state index in [1.54, 1.807) is 6.07 Å². The van der Waals surface area contributed by atoms with E-state index in [1.807, 2.05) is 6.07 Å². The van der Waals surface area contributed by atoms with Gasteiger partial charge in [0.1, 0.15) is 17.7 Å². The molecule has 1 aliphatic rings.